The first-order valence-corrected chi connectivity index (χ1v) is 13.9. The number of aromatic hydroxyl groups is 1. The van der Waals surface area contributed by atoms with Gasteiger partial charge in [-0.15, -0.1) is 10.2 Å². The number of tetrazole rings is 1. The SMILES string of the molecule is CCCc1nc(Cl)c(C(=O)NCCc2ccc(O)c([125I])c2)n1-c1cccc(-c2ccccc2-c2nn[nH]n2)c1. The van der Waals surface area contributed by atoms with Gasteiger partial charge in [0, 0.05) is 24.2 Å². The second-order valence-corrected chi connectivity index (χ2v) is 10.4. The Hall–Kier alpha value is -3.77. The van der Waals surface area contributed by atoms with Crippen LogP contribution in [0.1, 0.15) is 35.2 Å². The number of halogens is 2. The topological polar surface area (TPSA) is 122 Å². The quantitative estimate of drug-likeness (QED) is 0.178. The number of carbonyl (C=O) groups is 1. The Bertz CT molecular complexity index is 1620. The Kier molecular flexibility index (Phi) is 8.22. The molecule has 5 rings (SSSR count). The van der Waals surface area contributed by atoms with E-state index < -0.39 is 0 Å². The van der Waals surface area contributed by atoms with Gasteiger partial charge in [-0.2, -0.15) is 5.21 Å². The van der Waals surface area contributed by atoms with Crippen LogP contribution in [-0.2, 0) is 12.8 Å². The second kappa shape index (κ2) is 12.0. The maximum absolute atomic E-state index is 13.4. The molecule has 3 N–H and O–H groups in total. The first kappa shape index (κ1) is 26.8. The van der Waals surface area contributed by atoms with Crippen LogP contribution in [0, 0.1) is 3.57 Å². The second-order valence-electron chi connectivity index (χ2n) is 8.88. The largest absolute Gasteiger partial charge is 0.507 e. The Labute approximate surface area is 243 Å². The van der Waals surface area contributed by atoms with Crippen molar-refractivity contribution in [2.75, 3.05) is 6.54 Å². The molecule has 0 radical (unpaired) electrons. The molecule has 2 heterocycles. The van der Waals surface area contributed by atoms with Crippen LogP contribution in [0.5, 0.6) is 5.75 Å². The zero-order valence-electron chi connectivity index (χ0n) is 21.0. The monoisotopic (exact) mass is 651 g/mol. The molecule has 2 aromatic heterocycles. The molecule has 0 unspecified atom stereocenters. The van der Waals surface area contributed by atoms with Crippen LogP contribution >= 0.6 is 34.2 Å². The number of carbonyl (C=O) groups excluding carboxylic acids is 1. The summed E-state index contributed by atoms with van der Waals surface area (Å²) >= 11 is 8.65. The summed E-state index contributed by atoms with van der Waals surface area (Å²) in [5.74, 6) is 1.15. The fourth-order valence-corrected chi connectivity index (χ4v) is 5.28. The van der Waals surface area contributed by atoms with Crippen molar-refractivity contribution in [2.24, 2.45) is 0 Å². The lowest BCUT2D eigenvalue weighted by Crippen LogP contribution is -2.28. The summed E-state index contributed by atoms with van der Waals surface area (Å²) < 4.78 is 2.60. The highest BCUT2D eigenvalue weighted by Gasteiger charge is 2.23. The van der Waals surface area contributed by atoms with E-state index in [-0.39, 0.29) is 16.8 Å². The van der Waals surface area contributed by atoms with Crippen molar-refractivity contribution >= 4 is 40.1 Å². The van der Waals surface area contributed by atoms with Gasteiger partial charge in [-0.1, -0.05) is 61.0 Å². The number of amides is 1. The van der Waals surface area contributed by atoms with Crippen LogP contribution in [0.2, 0.25) is 5.15 Å². The molecule has 0 aliphatic heterocycles. The number of aromatic nitrogens is 6. The fourth-order valence-electron chi connectivity index (χ4n) is 4.43. The Balaban J connectivity index is 1.47. The molecule has 0 saturated heterocycles. The van der Waals surface area contributed by atoms with Crippen LogP contribution in [0.15, 0.2) is 66.7 Å². The fraction of sp³-hybridized carbons (Fsp3) is 0.179. The van der Waals surface area contributed by atoms with Crippen LogP contribution in [0.3, 0.4) is 0 Å². The number of rotatable bonds is 9. The lowest BCUT2D eigenvalue weighted by atomic mass is 9.99. The van der Waals surface area contributed by atoms with E-state index in [1.807, 2.05) is 65.2 Å². The van der Waals surface area contributed by atoms with Gasteiger partial charge >= 0.3 is 0 Å². The molecule has 5 aromatic rings. The number of aromatic amines is 1. The Morgan fingerprint density at radius 2 is 1.90 bits per heavy atom. The summed E-state index contributed by atoms with van der Waals surface area (Å²) in [6.45, 7) is 2.46. The van der Waals surface area contributed by atoms with Crippen LogP contribution in [0.4, 0.5) is 0 Å². The number of phenolic OH excluding ortho intramolecular Hbond substituents is 1. The number of aryl methyl sites for hydroxylation is 1. The first-order valence-electron chi connectivity index (χ1n) is 12.4. The van der Waals surface area contributed by atoms with Crippen molar-refractivity contribution in [1.29, 1.82) is 0 Å². The number of benzene rings is 3. The number of nitrogens with zero attached hydrogens (tertiary/aromatic N) is 5. The number of nitrogens with one attached hydrogen (secondary N) is 2. The smallest absolute Gasteiger partial charge is 0.271 e. The summed E-state index contributed by atoms with van der Waals surface area (Å²) in [6.07, 6.45) is 2.11. The highest BCUT2D eigenvalue weighted by molar-refractivity contribution is 14.1. The zero-order valence-corrected chi connectivity index (χ0v) is 23.9. The number of imidazole rings is 1. The van der Waals surface area contributed by atoms with Crippen molar-refractivity contribution in [3.63, 3.8) is 0 Å². The molecule has 9 nitrogen and oxygen atoms in total. The molecule has 39 heavy (non-hydrogen) atoms. The third-order valence-corrected chi connectivity index (χ3v) is 7.36. The lowest BCUT2D eigenvalue weighted by molar-refractivity contribution is 0.0947. The minimum Gasteiger partial charge on any atom is -0.507 e. The molecular weight excluding hydrogens is 627 g/mol. The van der Waals surface area contributed by atoms with E-state index in [4.69, 9.17) is 11.6 Å². The summed E-state index contributed by atoms with van der Waals surface area (Å²) in [7, 11) is 0. The van der Waals surface area contributed by atoms with E-state index in [1.54, 1.807) is 6.07 Å². The number of hydrogen-bond donors (Lipinski definition) is 3. The maximum Gasteiger partial charge on any atom is 0.271 e. The highest BCUT2D eigenvalue weighted by Crippen LogP contribution is 2.32. The van der Waals surface area contributed by atoms with E-state index >= 15 is 0 Å². The normalized spacial score (nSPS) is 11.1. The first-order chi connectivity index (χ1) is 19.0. The summed E-state index contributed by atoms with van der Waals surface area (Å²) in [5, 5.41) is 27.4. The van der Waals surface area contributed by atoms with Gasteiger partial charge in [-0.25, -0.2) is 4.98 Å². The van der Waals surface area contributed by atoms with Gasteiger partial charge in [-0.05, 0) is 81.6 Å². The molecule has 198 valence electrons. The molecule has 11 heteroatoms. The van der Waals surface area contributed by atoms with Crippen LogP contribution < -0.4 is 5.32 Å². The van der Waals surface area contributed by atoms with Crippen molar-refractivity contribution in [1.82, 2.24) is 35.5 Å². The molecular formula is C28H25ClIN7O2. The van der Waals surface area contributed by atoms with Gasteiger partial charge in [-0.3, -0.25) is 9.36 Å². The van der Waals surface area contributed by atoms with E-state index in [2.05, 4.69) is 60.4 Å². The van der Waals surface area contributed by atoms with E-state index in [0.29, 0.717) is 36.7 Å². The molecule has 1 amide bonds. The molecule has 0 aliphatic rings. The predicted octanol–water partition coefficient (Wildman–Crippen LogP) is 5.61. The molecule has 0 bridgehead atoms. The average molecular weight is 652 g/mol. The van der Waals surface area contributed by atoms with Gasteiger partial charge < -0.3 is 10.4 Å². The van der Waals surface area contributed by atoms with Crippen molar-refractivity contribution in [2.45, 2.75) is 26.2 Å². The third kappa shape index (κ3) is 5.81. The number of hydrogen-bond acceptors (Lipinski definition) is 6. The van der Waals surface area contributed by atoms with Gasteiger partial charge in [0.15, 0.2) is 10.8 Å². The standard InChI is InChI=1S/C28H25ClIN7O2/c1-2-6-24-32-26(29)25(28(39)31-14-13-17-11-12-23(38)22(30)15-17)37(24)19-8-5-7-18(16-19)20-9-3-4-10-21(20)27-33-35-36-34-27/h3-5,7-12,15-16,38H,2,6,13-14H2,1H3,(H,31,39)(H,33,34,35,36)/i30-2. The summed E-state index contributed by atoms with van der Waals surface area (Å²) in [6, 6.07) is 21.1. The van der Waals surface area contributed by atoms with Crippen LogP contribution in [-0.4, -0.2) is 47.7 Å². The van der Waals surface area contributed by atoms with Crippen molar-refractivity contribution in [3.8, 4) is 34.0 Å². The van der Waals surface area contributed by atoms with Gasteiger partial charge in [0.25, 0.3) is 5.91 Å². The number of phenols is 1. The van der Waals surface area contributed by atoms with Gasteiger partial charge in [0.1, 0.15) is 11.6 Å². The number of H-pyrrole nitrogens is 1. The molecule has 0 fully saturated rings. The summed E-state index contributed by atoms with van der Waals surface area (Å²) in [4.78, 5) is 18.0. The van der Waals surface area contributed by atoms with Crippen molar-refractivity contribution < 1.29 is 9.90 Å². The highest BCUT2D eigenvalue weighted by atomic mass is 125. The van der Waals surface area contributed by atoms with E-state index in [1.165, 1.54) is 0 Å². The van der Waals surface area contributed by atoms with Gasteiger partial charge in [0.2, 0.25) is 5.82 Å². The lowest BCUT2D eigenvalue weighted by Gasteiger charge is -2.14. The average Bonchev–Trinajstić information content (AvgIpc) is 3.59. The Morgan fingerprint density at radius 1 is 1.08 bits per heavy atom. The third-order valence-electron chi connectivity index (χ3n) is 6.23. The van der Waals surface area contributed by atoms with Crippen LogP contribution in [0.25, 0.3) is 28.2 Å². The zero-order chi connectivity index (χ0) is 27.4. The van der Waals surface area contributed by atoms with Crippen molar-refractivity contribution in [3.05, 3.63) is 92.5 Å². The molecule has 0 atom stereocenters. The summed E-state index contributed by atoms with van der Waals surface area (Å²) in [5.41, 5.74) is 4.77. The van der Waals surface area contributed by atoms with E-state index in [0.717, 1.165) is 37.9 Å². The molecule has 0 aliphatic carbocycles. The molecule has 3 aromatic carbocycles. The van der Waals surface area contributed by atoms with E-state index in [9.17, 15) is 9.90 Å². The minimum atomic E-state index is -0.305. The minimum absolute atomic E-state index is 0.160. The predicted molar refractivity (Wildman–Crippen MR) is 158 cm³/mol. The molecule has 0 spiro atoms. The van der Waals surface area contributed by atoms with Gasteiger partial charge in [0.05, 0.1) is 3.57 Å². The maximum atomic E-state index is 13.4. The Morgan fingerprint density at radius 3 is 2.64 bits per heavy atom. The molecule has 0 saturated carbocycles.